The van der Waals surface area contributed by atoms with Crippen molar-refractivity contribution in [3.8, 4) is 0 Å². The molecule has 2 rings (SSSR count). The van der Waals surface area contributed by atoms with E-state index in [4.69, 9.17) is 17.3 Å². The van der Waals surface area contributed by atoms with Gasteiger partial charge >= 0.3 is 0 Å². The molecule has 1 atom stereocenters. The van der Waals surface area contributed by atoms with Gasteiger partial charge in [0, 0.05) is 24.6 Å². The molecule has 0 aliphatic carbocycles. The maximum Gasteiger partial charge on any atom is 0.244 e. The molecule has 1 unspecified atom stereocenters. The smallest absolute Gasteiger partial charge is 0.244 e. The van der Waals surface area contributed by atoms with Crippen LogP contribution in [0.15, 0.2) is 41.7 Å². The summed E-state index contributed by atoms with van der Waals surface area (Å²) in [4.78, 5) is 7.56. The first-order valence-electron chi connectivity index (χ1n) is 6.27. The number of rotatable bonds is 5. The van der Waals surface area contributed by atoms with Gasteiger partial charge in [-0.1, -0.05) is 18.5 Å². The predicted molar refractivity (Wildman–Crippen MR) is 81.2 cm³/mol. The van der Waals surface area contributed by atoms with Crippen LogP contribution in [0.25, 0.3) is 0 Å². The number of anilines is 1. The van der Waals surface area contributed by atoms with Crippen molar-refractivity contribution in [3.63, 3.8) is 0 Å². The molecule has 3 N–H and O–H groups in total. The zero-order valence-corrected chi connectivity index (χ0v) is 12.9. The highest BCUT2D eigenvalue weighted by atomic mass is 35.5. The quantitative estimate of drug-likeness (QED) is 0.877. The SMILES string of the molecule is CCC(NS(=O)(=O)c1cc(Cl)cnc1N)c1ccncc1. The molecule has 2 heterocycles. The molecule has 0 saturated heterocycles. The van der Waals surface area contributed by atoms with Gasteiger partial charge in [-0.25, -0.2) is 18.1 Å². The summed E-state index contributed by atoms with van der Waals surface area (Å²) in [5.74, 6) is -0.0866. The van der Waals surface area contributed by atoms with E-state index in [0.717, 1.165) is 5.56 Å². The van der Waals surface area contributed by atoms with Crippen LogP contribution in [0.5, 0.6) is 0 Å². The Kier molecular flexibility index (Phi) is 4.76. The summed E-state index contributed by atoms with van der Waals surface area (Å²) in [7, 11) is -3.82. The summed E-state index contributed by atoms with van der Waals surface area (Å²) in [6, 6.07) is 4.43. The maximum absolute atomic E-state index is 12.4. The van der Waals surface area contributed by atoms with E-state index in [0.29, 0.717) is 6.42 Å². The van der Waals surface area contributed by atoms with E-state index >= 15 is 0 Å². The van der Waals surface area contributed by atoms with Crippen LogP contribution < -0.4 is 10.5 Å². The summed E-state index contributed by atoms with van der Waals surface area (Å²) in [5, 5.41) is 0.210. The Morgan fingerprint density at radius 2 is 2.05 bits per heavy atom. The van der Waals surface area contributed by atoms with Crippen LogP contribution in [0.4, 0.5) is 5.82 Å². The lowest BCUT2D eigenvalue weighted by molar-refractivity contribution is 0.550. The number of aromatic nitrogens is 2. The van der Waals surface area contributed by atoms with Crippen molar-refractivity contribution in [1.82, 2.24) is 14.7 Å². The van der Waals surface area contributed by atoms with Gasteiger partial charge in [-0.15, -0.1) is 0 Å². The Labute approximate surface area is 128 Å². The first-order valence-corrected chi connectivity index (χ1v) is 8.13. The molecule has 0 spiro atoms. The van der Waals surface area contributed by atoms with Crippen molar-refractivity contribution in [1.29, 1.82) is 0 Å². The van der Waals surface area contributed by atoms with Crippen molar-refractivity contribution in [3.05, 3.63) is 47.4 Å². The second kappa shape index (κ2) is 6.38. The molecule has 2 aromatic rings. The molecular formula is C13H15ClN4O2S. The molecule has 0 saturated carbocycles. The maximum atomic E-state index is 12.4. The monoisotopic (exact) mass is 326 g/mol. The predicted octanol–water partition coefficient (Wildman–Crippen LogP) is 2.14. The van der Waals surface area contributed by atoms with E-state index in [-0.39, 0.29) is 21.8 Å². The number of hydrogen-bond acceptors (Lipinski definition) is 5. The van der Waals surface area contributed by atoms with Gasteiger partial charge in [0.2, 0.25) is 10.0 Å². The molecule has 0 amide bonds. The van der Waals surface area contributed by atoms with Gasteiger partial charge in [-0.05, 0) is 30.2 Å². The molecule has 112 valence electrons. The van der Waals surface area contributed by atoms with Crippen LogP contribution >= 0.6 is 11.6 Å². The molecule has 0 fully saturated rings. The zero-order valence-electron chi connectivity index (χ0n) is 11.3. The number of halogens is 1. The fourth-order valence-corrected chi connectivity index (χ4v) is 3.52. The van der Waals surface area contributed by atoms with E-state index in [2.05, 4.69) is 14.7 Å². The van der Waals surface area contributed by atoms with Gasteiger partial charge in [0.1, 0.15) is 10.7 Å². The molecule has 0 bridgehead atoms. The normalized spacial score (nSPS) is 13.0. The van der Waals surface area contributed by atoms with Gasteiger partial charge in [-0.2, -0.15) is 0 Å². The molecule has 6 nitrogen and oxygen atoms in total. The first-order chi connectivity index (χ1) is 9.94. The van der Waals surface area contributed by atoms with Gasteiger partial charge in [-0.3, -0.25) is 4.98 Å². The number of nitrogens with zero attached hydrogens (tertiary/aromatic N) is 2. The molecule has 8 heteroatoms. The van der Waals surface area contributed by atoms with Crippen LogP contribution in [0.2, 0.25) is 5.02 Å². The Hall–Kier alpha value is -1.70. The van der Waals surface area contributed by atoms with Crippen LogP contribution in [0.3, 0.4) is 0 Å². The van der Waals surface area contributed by atoms with Gasteiger partial charge in [0.05, 0.1) is 5.02 Å². The van der Waals surface area contributed by atoms with Crippen molar-refractivity contribution in [2.24, 2.45) is 0 Å². The molecule has 21 heavy (non-hydrogen) atoms. The lowest BCUT2D eigenvalue weighted by Crippen LogP contribution is -2.29. The van der Waals surface area contributed by atoms with E-state index in [9.17, 15) is 8.42 Å². The second-order valence-electron chi connectivity index (χ2n) is 4.40. The third-order valence-electron chi connectivity index (χ3n) is 2.95. The Morgan fingerprint density at radius 1 is 1.38 bits per heavy atom. The minimum absolute atomic E-state index is 0.0866. The van der Waals surface area contributed by atoms with E-state index in [1.54, 1.807) is 24.5 Å². The third-order valence-corrected chi connectivity index (χ3v) is 4.66. The van der Waals surface area contributed by atoms with Gasteiger partial charge in [0.15, 0.2) is 0 Å². The number of nitrogens with one attached hydrogen (secondary N) is 1. The van der Waals surface area contributed by atoms with Crippen molar-refractivity contribution in [2.45, 2.75) is 24.3 Å². The van der Waals surface area contributed by atoms with Crippen LogP contribution in [0.1, 0.15) is 24.9 Å². The fourth-order valence-electron chi connectivity index (χ4n) is 1.88. The number of hydrogen-bond donors (Lipinski definition) is 2. The second-order valence-corrected chi connectivity index (χ2v) is 6.52. The van der Waals surface area contributed by atoms with Crippen molar-refractivity contribution < 1.29 is 8.42 Å². The lowest BCUT2D eigenvalue weighted by atomic mass is 10.1. The van der Waals surface area contributed by atoms with E-state index < -0.39 is 10.0 Å². The van der Waals surface area contributed by atoms with Crippen molar-refractivity contribution in [2.75, 3.05) is 5.73 Å². The summed E-state index contributed by atoms with van der Waals surface area (Å²) in [5.41, 5.74) is 6.46. The first kappa shape index (κ1) is 15.7. The van der Waals surface area contributed by atoms with Crippen LogP contribution in [0, 0.1) is 0 Å². The fraction of sp³-hybridized carbons (Fsp3) is 0.231. The lowest BCUT2D eigenvalue weighted by Gasteiger charge is -2.18. The van der Waals surface area contributed by atoms with E-state index in [1.807, 2.05) is 6.92 Å². The molecule has 0 radical (unpaired) electrons. The minimum Gasteiger partial charge on any atom is -0.383 e. The van der Waals surface area contributed by atoms with Gasteiger partial charge < -0.3 is 5.73 Å². The minimum atomic E-state index is -3.82. The average molecular weight is 327 g/mol. The highest BCUT2D eigenvalue weighted by Gasteiger charge is 2.23. The Morgan fingerprint density at radius 3 is 2.67 bits per heavy atom. The van der Waals surface area contributed by atoms with Gasteiger partial charge in [0.25, 0.3) is 0 Å². The molecule has 0 aliphatic rings. The number of sulfonamides is 1. The molecule has 0 aromatic carbocycles. The topological polar surface area (TPSA) is 98.0 Å². The Bertz CT molecular complexity index is 722. The average Bonchev–Trinajstić information content (AvgIpc) is 2.48. The molecule has 2 aromatic heterocycles. The zero-order chi connectivity index (χ0) is 15.5. The highest BCUT2D eigenvalue weighted by molar-refractivity contribution is 7.89. The largest absolute Gasteiger partial charge is 0.383 e. The molecule has 0 aliphatic heterocycles. The van der Waals surface area contributed by atoms with E-state index in [1.165, 1.54) is 12.3 Å². The Balaban J connectivity index is 2.34. The summed E-state index contributed by atoms with van der Waals surface area (Å²) < 4.78 is 27.5. The van der Waals surface area contributed by atoms with Crippen LogP contribution in [-0.2, 0) is 10.0 Å². The standard InChI is InChI=1S/C13H15ClN4O2S/c1-2-11(9-3-5-16-6-4-9)18-21(19,20)12-7-10(14)8-17-13(12)15/h3-8,11,18H,2H2,1H3,(H2,15,17). The third kappa shape index (κ3) is 3.69. The summed E-state index contributed by atoms with van der Waals surface area (Å²) >= 11 is 5.79. The number of nitrogen functional groups attached to an aromatic ring is 1. The highest BCUT2D eigenvalue weighted by Crippen LogP contribution is 2.24. The van der Waals surface area contributed by atoms with Crippen molar-refractivity contribution >= 4 is 27.4 Å². The van der Waals surface area contributed by atoms with Crippen LogP contribution in [-0.4, -0.2) is 18.4 Å². The molecular weight excluding hydrogens is 312 g/mol. The number of pyridine rings is 2. The summed E-state index contributed by atoms with van der Waals surface area (Å²) in [6.07, 6.45) is 5.11. The summed E-state index contributed by atoms with van der Waals surface area (Å²) in [6.45, 7) is 1.88. The number of nitrogens with two attached hydrogens (primary N) is 1.